The van der Waals surface area contributed by atoms with Crippen molar-refractivity contribution in [1.82, 2.24) is 10.2 Å². The number of hydrogen-bond donors (Lipinski definition) is 2. The molecule has 0 spiro atoms. The zero-order chi connectivity index (χ0) is 19.2. The molecule has 3 rings (SSSR count). The molecular weight excluding hydrogens is 362 g/mol. The Kier molecular flexibility index (Phi) is 6.58. The molecule has 1 saturated heterocycles. The van der Waals surface area contributed by atoms with Gasteiger partial charge in [-0.2, -0.15) is 0 Å². The lowest BCUT2D eigenvalue weighted by molar-refractivity contribution is -0.132. The van der Waals surface area contributed by atoms with Crippen LogP contribution < -0.4 is 10.6 Å². The molecule has 1 aromatic carbocycles. The third-order valence-corrected chi connectivity index (χ3v) is 5.39. The largest absolute Gasteiger partial charge is 0.465 e. The monoisotopic (exact) mass is 387 g/mol. The number of carbonyl (C=O) groups excluding carboxylic acids is 2. The molecule has 7 heteroatoms. The average Bonchev–Trinajstić information content (AvgIpc) is 3.05. The quantitative estimate of drug-likeness (QED) is 0.715. The Morgan fingerprint density at radius 1 is 1.33 bits per heavy atom. The molecule has 2 amide bonds. The molecule has 1 aliphatic rings. The summed E-state index contributed by atoms with van der Waals surface area (Å²) in [7, 11) is 0. The Balaban J connectivity index is 1.67. The molecule has 2 heterocycles. The summed E-state index contributed by atoms with van der Waals surface area (Å²) in [5, 5.41) is 5.82. The van der Waals surface area contributed by atoms with Crippen molar-refractivity contribution in [1.29, 1.82) is 0 Å². The SMILES string of the molecule is CCSc1ccccc1NC(=O)CC1C(=O)NCCN1Cc1ccc(C)o1. The first-order valence-electron chi connectivity index (χ1n) is 9.15. The third-order valence-electron chi connectivity index (χ3n) is 4.44. The summed E-state index contributed by atoms with van der Waals surface area (Å²) in [5.74, 6) is 2.29. The number of carbonyl (C=O) groups is 2. The number of nitrogens with zero attached hydrogens (tertiary/aromatic N) is 1. The minimum absolute atomic E-state index is 0.108. The van der Waals surface area contributed by atoms with Gasteiger partial charge in [0.05, 0.1) is 24.7 Å². The Hall–Kier alpha value is -2.25. The number of benzene rings is 1. The van der Waals surface area contributed by atoms with E-state index in [1.165, 1.54) is 0 Å². The maximum Gasteiger partial charge on any atom is 0.237 e. The molecular formula is C20H25N3O3S. The zero-order valence-electron chi connectivity index (χ0n) is 15.7. The fourth-order valence-electron chi connectivity index (χ4n) is 3.17. The first kappa shape index (κ1) is 19.5. The lowest BCUT2D eigenvalue weighted by Crippen LogP contribution is -2.55. The molecule has 1 atom stereocenters. The van der Waals surface area contributed by atoms with Gasteiger partial charge in [0.15, 0.2) is 0 Å². The number of para-hydroxylation sites is 1. The van der Waals surface area contributed by atoms with E-state index in [-0.39, 0.29) is 18.2 Å². The van der Waals surface area contributed by atoms with Gasteiger partial charge in [0, 0.05) is 18.0 Å². The number of piperazine rings is 1. The number of aryl methyl sites for hydroxylation is 1. The van der Waals surface area contributed by atoms with E-state index in [9.17, 15) is 9.59 Å². The Morgan fingerprint density at radius 3 is 2.89 bits per heavy atom. The summed E-state index contributed by atoms with van der Waals surface area (Å²) in [6.45, 7) is 5.74. The third kappa shape index (κ3) is 5.14. The van der Waals surface area contributed by atoms with Crippen LogP contribution in [-0.2, 0) is 16.1 Å². The molecule has 144 valence electrons. The van der Waals surface area contributed by atoms with Gasteiger partial charge in [0.25, 0.3) is 0 Å². The molecule has 0 aliphatic carbocycles. The molecule has 0 radical (unpaired) electrons. The van der Waals surface area contributed by atoms with Gasteiger partial charge in [-0.1, -0.05) is 19.1 Å². The molecule has 2 aromatic rings. The van der Waals surface area contributed by atoms with E-state index in [4.69, 9.17) is 4.42 Å². The first-order valence-corrected chi connectivity index (χ1v) is 10.1. The van der Waals surface area contributed by atoms with Crippen molar-refractivity contribution in [3.63, 3.8) is 0 Å². The molecule has 27 heavy (non-hydrogen) atoms. The van der Waals surface area contributed by atoms with Crippen molar-refractivity contribution in [3.8, 4) is 0 Å². The number of nitrogens with one attached hydrogen (secondary N) is 2. The Morgan fingerprint density at radius 2 is 2.15 bits per heavy atom. The van der Waals surface area contributed by atoms with Crippen LogP contribution in [0.25, 0.3) is 0 Å². The topological polar surface area (TPSA) is 74.6 Å². The second-order valence-corrected chi connectivity index (χ2v) is 7.78. The minimum atomic E-state index is -0.504. The number of amides is 2. The highest BCUT2D eigenvalue weighted by Gasteiger charge is 2.32. The van der Waals surface area contributed by atoms with Crippen molar-refractivity contribution in [2.75, 3.05) is 24.2 Å². The highest BCUT2D eigenvalue weighted by molar-refractivity contribution is 7.99. The first-order chi connectivity index (χ1) is 13.1. The maximum absolute atomic E-state index is 12.6. The maximum atomic E-state index is 12.6. The fourth-order valence-corrected chi connectivity index (χ4v) is 3.93. The Bertz CT molecular complexity index is 805. The van der Waals surface area contributed by atoms with Crippen molar-refractivity contribution < 1.29 is 14.0 Å². The molecule has 2 N–H and O–H groups in total. The molecule has 1 fully saturated rings. The lowest BCUT2D eigenvalue weighted by atomic mass is 10.1. The van der Waals surface area contributed by atoms with Crippen LogP contribution in [0.4, 0.5) is 5.69 Å². The van der Waals surface area contributed by atoms with Gasteiger partial charge < -0.3 is 15.1 Å². The van der Waals surface area contributed by atoms with Crippen LogP contribution in [0.1, 0.15) is 24.9 Å². The number of rotatable bonds is 7. The summed E-state index contributed by atoms with van der Waals surface area (Å²) >= 11 is 1.68. The Labute approximate surface area is 163 Å². The molecule has 0 bridgehead atoms. The molecule has 1 aromatic heterocycles. The van der Waals surface area contributed by atoms with Gasteiger partial charge in [-0.25, -0.2) is 0 Å². The van der Waals surface area contributed by atoms with Crippen LogP contribution in [-0.4, -0.2) is 41.6 Å². The molecule has 0 saturated carbocycles. The van der Waals surface area contributed by atoms with E-state index < -0.39 is 6.04 Å². The van der Waals surface area contributed by atoms with Crippen LogP contribution >= 0.6 is 11.8 Å². The van der Waals surface area contributed by atoms with E-state index in [2.05, 4.69) is 17.6 Å². The smallest absolute Gasteiger partial charge is 0.237 e. The summed E-state index contributed by atoms with van der Waals surface area (Å²) in [4.78, 5) is 28.1. The van der Waals surface area contributed by atoms with Crippen molar-refractivity contribution in [2.45, 2.75) is 37.8 Å². The normalized spacial score (nSPS) is 17.6. The number of hydrogen-bond acceptors (Lipinski definition) is 5. The second-order valence-electron chi connectivity index (χ2n) is 6.47. The average molecular weight is 388 g/mol. The van der Waals surface area contributed by atoms with Gasteiger partial charge in [-0.05, 0) is 36.9 Å². The number of anilines is 1. The predicted molar refractivity (Wildman–Crippen MR) is 107 cm³/mol. The summed E-state index contributed by atoms with van der Waals surface area (Å²) in [5.41, 5.74) is 0.791. The fraction of sp³-hybridized carbons (Fsp3) is 0.400. The summed E-state index contributed by atoms with van der Waals surface area (Å²) < 4.78 is 5.64. The highest BCUT2D eigenvalue weighted by atomic mass is 32.2. The predicted octanol–water partition coefficient (Wildman–Crippen LogP) is 3.03. The number of thioether (sulfide) groups is 1. The van der Waals surface area contributed by atoms with E-state index in [1.807, 2.05) is 48.2 Å². The van der Waals surface area contributed by atoms with Gasteiger partial charge >= 0.3 is 0 Å². The van der Waals surface area contributed by atoms with Crippen LogP contribution in [0.5, 0.6) is 0 Å². The van der Waals surface area contributed by atoms with Crippen molar-refractivity contribution in [2.24, 2.45) is 0 Å². The second kappa shape index (κ2) is 9.10. The summed E-state index contributed by atoms with van der Waals surface area (Å²) in [6, 6.07) is 11.0. The van der Waals surface area contributed by atoms with E-state index in [0.29, 0.717) is 19.6 Å². The van der Waals surface area contributed by atoms with Crippen LogP contribution in [0, 0.1) is 6.92 Å². The van der Waals surface area contributed by atoms with Crippen molar-refractivity contribution >= 4 is 29.3 Å². The van der Waals surface area contributed by atoms with Gasteiger partial charge in [0.1, 0.15) is 11.5 Å². The summed E-state index contributed by atoms with van der Waals surface area (Å²) in [6.07, 6.45) is 0.108. The van der Waals surface area contributed by atoms with Crippen LogP contribution in [0.3, 0.4) is 0 Å². The van der Waals surface area contributed by atoms with E-state index in [0.717, 1.165) is 27.9 Å². The van der Waals surface area contributed by atoms with Gasteiger partial charge in [0.2, 0.25) is 11.8 Å². The zero-order valence-corrected chi connectivity index (χ0v) is 16.5. The molecule has 6 nitrogen and oxygen atoms in total. The van der Waals surface area contributed by atoms with Gasteiger partial charge in [-0.3, -0.25) is 14.5 Å². The lowest BCUT2D eigenvalue weighted by Gasteiger charge is -2.34. The molecule has 1 unspecified atom stereocenters. The van der Waals surface area contributed by atoms with E-state index >= 15 is 0 Å². The van der Waals surface area contributed by atoms with Crippen LogP contribution in [0.15, 0.2) is 45.7 Å². The standard InChI is InChI=1S/C20H25N3O3S/c1-3-27-18-7-5-4-6-16(18)22-19(24)12-17-20(25)21-10-11-23(17)13-15-9-8-14(2)26-15/h4-9,17H,3,10-13H2,1-2H3,(H,21,25)(H,22,24). The van der Waals surface area contributed by atoms with Gasteiger partial charge in [-0.15, -0.1) is 11.8 Å². The van der Waals surface area contributed by atoms with E-state index in [1.54, 1.807) is 11.8 Å². The van der Waals surface area contributed by atoms with Crippen molar-refractivity contribution in [3.05, 3.63) is 47.9 Å². The minimum Gasteiger partial charge on any atom is -0.465 e. The van der Waals surface area contributed by atoms with Crippen LogP contribution in [0.2, 0.25) is 0 Å². The highest BCUT2D eigenvalue weighted by Crippen LogP contribution is 2.27. The molecule has 1 aliphatic heterocycles. The number of furan rings is 1.